The Hall–Kier alpha value is -3.98. The maximum absolute atomic E-state index is 12.8. The average molecular weight is 402 g/mol. The molecule has 0 radical (unpaired) electrons. The molecule has 0 aliphatic heterocycles. The van der Waals surface area contributed by atoms with Crippen LogP contribution in [0.4, 0.5) is 5.69 Å². The van der Waals surface area contributed by atoms with Crippen LogP contribution in [0.1, 0.15) is 17.2 Å². The maximum Gasteiger partial charge on any atom is 0.333 e. The van der Waals surface area contributed by atoms with E-state index in [1.54, 1.807) is 44.6 Å². The zero-order valence-electron chi connectivity index (χ0n) is 17.0. The zero-order valence-corrected chi connectivity index (χ0v) is 17.0. The Bertz CT molecular complexity index is 1060. The summed E-state index contributed by atoms with van der Waals surface area (Å²) in [4.78, 5) is 12.8. The zero-order chi connectivity index (χ0) is 21.5. The summed E-state index contributed by atoms with van der Waals surface area (Å²) >= 11 is 0. The highest BCUT2D eigenvalue weighted by Crippen LogP contribution is 2.39. The molecule has 0 heterocycles. The van der Waals surface area contributed by atoms with Gasteiger partial charge in [-0.25, -0.2) is 4.79 Å². The molecular weight excluding hydrogens is 380 g/mol. The highest BCUT2D eigenvalue weighted by atomic mass is 16.5. The molecule has 0 spiro atoms. The van der Waals surface area contributed by atoms with Gasteiger partial charge in [-0.05, 0) is 53.1 Å². The standard InChI is InChI=1S/C24H22N2O4/c1-28-21-13-19(17-7-5-4-6-8-17)20(14-22(21)29-2)23(24(27)30-3)26-18-11-9-16(15-25)10-12-18/h4-14,23,26H,1-3H3. The number of anilines is 1. The minimum absolute atomic E-state index is 0.455. The highest BCUT2D eigenvalue weighted by molar-refractivity contribution is 5.86. The van der Waals surface area contributed by atoms with Gasteiger partial charge < -0.3 is 19.5 Å². The second-order valence-corrected chi connectivity index (χ2v) is 6.45. The first-order chi connectivity index (χ1) is 14.6. The number of methoxy groups -OCH3 is 3. The van der Waals surface area contributed by atoms with E-state index in [-0.39, 0.29) is 0 Å². The van der Waals surface area contributed by atoms with Crippen LogP contribution < -0.4 is 14.8 Å². The van der Waals surface area contributed by atoms with Gasteiger partial charge in [-0.3, -0.25) is 0 Å². The molecule has 0 saturated carbocycles. The highest BCUT2D eigenvalue weighted by Gasteiger charge is 2.27. The second kappa shape index (κ2) is 9.48. The molecule has 0 bridgehead atoms. The van der Waals surface area contributed by atoms with Crippen molar-refractivity contribution in [2.24, 2.45) is 0 Å². The molecule has 0 aliphatic rings. The Balaban J connectivity index is 2.15. The molecule has 0 amide bonds. The van der Waals surface area contributed by atoms with Crippen LogP contribution in [0.15, 0.2) is 66.7 Å². The van der Waals surface area contributed by atoms with Gasteiger partial charge in [-0.1, -0.05) is 30.3 Å². The van der Waals surface area contributed by atoms with Crippen molar-refractivity contribution in [3.8, 4) is 28.7 Å². The third-order valence-corrected chi connectivity index (χ3v) is 4.71. The molecule has 152 valence electrons. The number of nitrogens with one attached hydrogen (secondary N) is 1. The van der Waals surface area contributed by atoms with E-state index in [0.717, 1.165) is 11.1 Å². The molecule has 3 aromatic rings. The normalized spacial score (nSPS) is 11.1. The van der Waals surface area contributed by atoms with E-state index in [9.17, 15) is 4.79 Å². The molecule has 0 saturated heterocycles. The smallest absolute Gasteiger partial charge is 0.333 e. The van der Waals surface area contributed by atoms with Crippen LogP contribution in [-0.2, 0) is 9.53 Å². The molecule has 1 unspecified atom stereocenters. The van der Waals surface area contributed by atoms with E-state index >= 15 is 0 Å². The van der Waals surface area contributed by atoms with Crippen LogP contribution in [0.2, 0.25) is 0 Å². The summed E-state index contributed by atoms with van der Waals surface area (Å²) in [5.74, 6) is 0.605. The van der Waals surface area contributed by atoms with Crippen LogP contribution in [0, 0.1) is 11.3 Å². The van der Waals surface area contributed by atoms with E-state index in [1.807, 2.05) is 36.4 Å². The van der Waals surface area contributed by atoms with Gasteiger partial charge in [-0.15, -0.1) is 0 Å². The Morgan fingerprint density at radius 1 is 0.933 bits per heavy atom. The first-order valence-corrected chi connectivity index (χ1v) is 9.27. The number of ether oxygens (including phenoxy) is 3. The summed E-state index contributed by atoms with van der Waals surface area (Å²) in [6, 6.07) is 21.5. The van der Waals surface area contributed by atoms with Gasteiger partial charge in [0.05, 0.1) is 33.0 Å². The van der Waals surface area contributed by atoms with Crippen LogP contribution in [-0.4, -0.2) is 27.3 Å². The predicted octanol–water partition coefficient (Wildman–Crippen LogP) is 4.57. The largest absolute Gasteiger partial charge is 0.493 e. The quantitative estimate of drug-likeness (QED) is 0.583. The van der Waals surface area contributed by atoms with E-state index in [0.29, 0.717) is 28.3 Å². The average Bonchev–Trinajstić information content (AvgIpc) is 2.82. The van der Waals surface area contributed by atoms with Crippen LogP contribution >= 0.6 is 0 Å². The SMILES string of the molecule is COC(=O)C(Nc1ccc(C#N)cc1)c1cc(OC)c(OC)cc1-c1ccccc1. The Kier molecular flexibility index (Phi) is 6.56. The Morgan fingerprint density at radius 2 is 1.57 bits per heavy atom. The molecule has 0 aliphatic carbocycles. The Morgan fingerprint density at radius 3 is 2.13 bits per heavy atom. The number of benzene rings is 3. The molecule has 3 rings (SSSR count). The third-order valence-electron chi connectivity index (χ3n) is 4.71. The summed E-state index contributed by atoms with van der Waals surface area (Å²) in [5.41, 5.74) is 3.62. The number of rotatable bonds is 7. The van der Waals surface area contributed by atoms with Gasteiger partial charge in [0.25, 0.3) is 0 Å². The summed E-state index contributed by atoms with van der Waals surface area (Å²) in [5, 5.41) is 12.2. The number of hydrogen-bond donors (Lipinski definition) is 1. The number of carbonyl (C=O) groups is 1. The van der Waals surface area contributed by atoms with Crippen molar-refractivity contribution in [1.29, 1.82) is 5.26 Å². The fourth-order valence-corrected chi connectivity index (χ4v) is 3.19. The lowest BCUT2D eigenvalue weighted by Crippen LogP contribution is -2.23. The molecule has 30 heavy (non-hydrogen) atoms. The minimum atomic E-state index is -0.807. The van der Waals surface area contributed by atoms with Gasteiger partial charge in [0.1, 0.15) is 0 Å². The van der Waals surface area contributed by atoms with E-state index in [2.05, 4.69) is 11.4 Å². The molecule has 0 fully saturated rings. The monoisotopic (exact) mass is 402 g/mol. The lowest BCUT2D eigenvalue weighted by molar-refractivity contribution is -0.141. The second-order valence-electron chi connectivity index (χ2n) is 6.45. The van der Waals surface area contributed by atoms with Gasteiger partial charge in [-0.2, -0.15) is 5.26 Å². The molecule has 0 aromatic heterocycles. The minimum Gasteiger partial charge on any atom is -0.493 e. The van der Waals surface area contributed by atoms with Crippen molar-refractivity contribution >= 4 is 11.7 Å². The number of nitrogens with zero attached hydrogens (tertiary/aromatic N) is 1. The number of hydrogen-bond acceptors (Lipinski definition) is 6. The van der Waals surface area contributed by atoms with E-state index in [4.69, 9.17) is 19.5 Å². The molecule has 1 atom stereocenters. The molecule has 3 aromatic carbocycles. The maximum atomic E-state index is 12.8. The van der Waals surface area contributed by atoms with Gasteiger partial charge >= 0.3 is 5.97 Å². The van der Waals surface area contributed by atoms with E-state index < -0.39 is 12.0 Å². The lowest BCUT2D eigenvalue weighted by Gasteiger charge is -2.23. The first-order valence-electron chi connectivity index (χ1n) is 9.27. The predicted molar refractivity (Wildman–Crippen MR) is 115 cm³/mol. The van der Waals surface area contributed by atoms with Crippen molar-refractivity contribution in [1.82, 2.24) is 0 Å². The Labute approximate surface area is 175 Å². The molecular formula is C24H22N2O4. The summed E-state index contributed by atoms with van der Waals surface area (Å²) in [7, 11) is 4.46. The van der Waals surface area contributed by atoms with E-state index in [1.165, 1.54) is 7.11 Å². The van der Waals surface area contributed by atoms with Crippen molar-refractivity contribution in [3.63, 3.8) is 0 Å². The summed E-state index contributed by atoms with van der Waals surface area (Å²) in [6.45, 7) is 0. The fourth-order valence-electron chi connectivity index (χ4n) is 3.19. The lowest BCUT2D eigenvalue weighted by atomic mass is 9.93. The van der Waals surface area contributed by atoms with Crippen LogP contribution in [0.3, 0.4) is 0 Å². The first kappa shape index (κ1) is 20.7. The van der Waals surface area contributed by atoms with Crippen molar-refractivity contribution in [2.45, 2.75) is 6.04 Å². The molecule has 1 N–H and O–H groups in total. The van der Waals surface area contributed by atoms with Crippen LogP contribution in [0.5, 0.6) is 11.5 Å². The van der Waals surface area contributed by atoms with Crippen molar-refractivity contribution < 1.29 is 19.0 Å². The third kappa shape index (κ3) is 4.36. The number of carbonyl (C=O) groups excluding carboxylic acids is 1. The van der Waals surface area contributed by atoms with Crippen molar-refractivity contribution in [2.75, 3.05) is 26.6 Å². The topological polar surface area (TPSA) is 80.6 Å². The van der Waals surface area contributed by atoms with Gasteiger partial charge in [0, 0.05) is 5.69 Å². The summed E-state index contributed by atoms with van der Waals surface area (Å²) < 4.78 is 16.0. The van der Waals surface area contributed by atoms with Crippen LogP contribution in [0.25, 0.3) is 11.1 Å². The fraction of sp³-hybridized carbons (Fsp3) is 0.167. The van der Waals surface area contributed by atoms with Gasteiger partial charge in [0.2, 0.25) is 0 Å². The number of esters is 1. The molecule has 6 heteroatoms. The van der Waals surface area contributed by atoms with Gasteiger partial charge in [0.15, 0.2) is 17.5 Å². The van der Waals surface area contributed by atoms with Crippen molar-refractivity contribution in [3.05, 3.63) is 77.9 Å². The molecule has 6 nitrogen and oxygen atoms in total. The summed E-state index contributed by atoms with van der Waals surface area (Å²) in [6.07, 6.45) is 0. The number of nitriles is 1.